The van der Waals surface area contributed by atoms with Gasteiger partial charge in [0.05, 0.1) is 0 Å². The standard InChI is InChI=1S/C25H25N5O/c31-25(26-22-6-2-1-3-7-22)21-11-9-19(10-12-21)18-29-16-13-20(14-17-29)24-28-27-23-8-4-5-15-30(23)24/h1-12,15,20H,13-14,16-18H2,(H,26,31). The summed E-state index contributed by atoms with van der Waals surface area (Å²) < 4.78 is 2.11. The molecule has 2 aromatic carbocycles. The van der Waals surface area contributed by atoms with Crippen LogP contribution in [0, 0.1) is 0 Å². The first-order valence-electron chi connectivity index (χ1n) is 10.7. The van der Waals surface area contributed by atoms with E-state index in [1.165, 1.54) is 5.56 Å². The molecule has 0 saturated carbocycles. The van der Waals surface area contributed by atoms with E-state index in [0.29, 0.717) is 11.5 Å². The Morgan fingerprint density at radius 1 is 0.903 bits per heavy atom. The fourth-order valence-electron chi connectivity index (χ4n) is 4.23. The Hall–Kier alpha value is -3.51. The Bertz CT molecular complexity index is 1160. The van der Waals surface area contributed by atoms with Gasteiger partial charge in [-0.2, -0.15) is 0 Å². The summed E-state index contributed by atoms with van der Waals surface area (Å²) >= 11 is 0. The van der Waals surface area contributed by atoms with E-state index >= 15 is 0 Å². The second kappa shape index (κ2) is 8.70. The fraction of sp³-hybridized carbons (Fsp3) is 0.240. The maximum absolute atomic E-state index is 12.4. The normalized spacial score (nSPS) is 15.2. The topological polar surface area (TPSA) is 62.5 Å². The minimum atomic E-state index is -0.0842. The molecule has 0 spiro atoms. The van der Waals surface area contributed by atoms with Crippen LogP contribution in [0.4, 0.5) is 5.69 Å². The average Bonchev–Trinajstić information content (AvgIpc) is 3.25. The van der Waals surface area contributed by atoms with Gasteiger partial charge >= 0.3 is 0 Å². The van der Waals surface area contributed by atoms with E-state index in [4.69, 9.17) is 0 Å². The van der Waals surface area contributed by atoms with E-state index in [2.05, 4.69) is 36.9 Å². The molecule has 0 radical (unpaired) electrons. The van der Waals surface area contributed by atoms with E-state index in [0.717, 1.165) is 49.6 Å². The number of pyridine rings is 1. The molecule has 1 fully saturated rings. The number of nitrogens with zero attached hydrogens (tertiary/aromatic N) is 4. The molecule has 6 heteroatoms. The molecule has 6 nitrogen and oxygen atoms in total. The SMILES string of the molecule is O=C(Nc1ccccc1)c1ccc(CN2CCC(c3nnc4ccccn34)CC2)cc1. The van der Waals surface area contributed by atoms with Gasteiger partial charge in [0.1, 0.15) is 5.82 Å². The van der Waals surface area contributed by atoms with Gasteiger partial charge in [-0.3, -0.25) is 14.1 Å². The van der Waals surface area contributed by atoms with Crippen LogP contribution in [0.1, 0.15) is 40.5 Å². The van der Waals surface area contributed by atoms with Crippen LogP contribution in [0.25, 0.3) is 5.65 Å². The molecule has 1 N–H and O–H groups in total. The zero-order valence-corrected chi connectivity index (χ0v) is 17.3. The van der Waals surface area contributed by atoms with Gasteiger partial charge in [-0.05, 0) is 67.9 Å². The summed E-state index contributed by atoms with van der Waals surface area (Å²) in [5.74, 6) is 1.43. The van der Waals surface area contributed by atoms with Crippen molar-refractivity contribution in [2.24, 2.45) is 0 Å². The Balaban J connectivity index is 1.16. The minimum absolute atomic E-state index is 0.0842. The van der Waals surface area contributed by atoms with E-state index < -0.39 is 0 Å². The first-order valence-corrected chi connectivity index (χ1v) is 10.7. The zero-order chi connectivity index (χ0) is 21.0. The van der Waals surface area contributed by atoms with Crippen LogP contribution >= 0.6 is 0 Å². The number of likely N-dealkylation sites (tertiary alicyclic amines) is 1. The summed E-state index contributed by atoms with van der Waals surface area (Å²) in [6.45, 7) is 2.96. The van der Waals surface area contributed by atoms with Crippen LogP contribution in [0.3, 0.4) is 0 Å². The third-order valence-electron chi connectivity index (χ3n) is 5.95. The first kappa shape index (κ1) is 19.5. The van der Waals surface area contributed by atoms with Crippen molar-refractivity contribution in [3.8, 4) is 0 Å². The highest BCUT2D eigenvalue weighted by molar-refractivity contribution is 6.04. The van der Waals surface area contributed by atoms with Crippen LogP contribution in [0.15, 0.2) is 79.0 Å². The summed E-state index contributed by atoms with van der Waals surface area (Å²) in [4.78, 5) is 14.9. The number of carbonyl (C=O) groups is 1. The van der Waals surface area contributed by atoms with Gasteiger partial charge in [-0.1, -0.05) is 36.4 Å². The number of hydrogen-bond acceptors (Lipinski definition) is 4. The molecule has 1 amide bonds. The maximum Gasteiger partial charge on any atom is 0.255 e. The van der Waals surface area contributed by atoms with Gasteiger partial charge in [0.15, 0.2) is 5.65 Å². The summed E-state index contributed by atoms with van der Waals surface area (Å²) in [7, 11) is 0. The number of piperidine rings is 1. The molecule has 0 unspecified atom stereocenters. The summed E-state index contributed by atoms with van der Waals surface area (Å²) in [5.41, 5.74) is 3.61. The molecule has 0 bridgehead atoms. The lowest BCUT2D eigenvalue weighted by Crippen LogP contribution is -2.33. The molecule has 5 rings (SSSR count). The number of fused-ring (bicyclic) bond motifs is 1. The van der Waals surface area contributed by atoms with Gasteiger partial charge < -0.3 is 5.32 Å². The molecule has 1 aliphatic heterocycles. The summed E-state index contributed by atoms with van der Waals surface area (Å²) in [6, 6.07) is 23.5. The van der Waals surface area contributed by atoms with Crippen molar-refractivity contribution in [1.29, 1.82) is 0 Å². The summed E-state index contributed by atoms with van der Waals surface area (Å²) in [6.07, 6.45) is 4.20. The van der Waals surface area contributed by atoms with Crippen LogP contribution in [-0.4, -0.2) is 38.5 Å². The second-order valence-corrected chi connectivity index (χ2v) is 8.05. The van der Waals surface area contributed by atoms with Gasteiger partial charge in [0.25, 0.3) is 5.91 Å². The Morgan fingerprint density at radius 2 is 1.65 bits per heavy atom. The number of carbonyl (C=O) groups excluding carboxylic acids is 1. The number of benzene rings is 2. The van der Waals surface area contributed by atoms with Gasteiger partial charge in [-0.25, -0.2) is 0 Å². The molecule has 3 heterocycles. The number of rotatable bonds is 5. The highest BCUT2D eigenvalue weighted by Crippen LogP contribution is 2.27. The molecule has 1 aliphatic rings. The highest BCUT2D eigenvalue weighted by Gasteiger charge is 2.24. The average molecular weight is 412 g/mol. The monoisotopic (exact) mass is 411 g/mol. The Labute approximate surface area is 181 Å². The lowest BCUT2D eigenvalue weighted by atomic mass is 9.95. The van der Waals surface area contributed by atoms with Gasteiger partial charge in [0.2, 0.25) is 0 Å². The molecule has 4 aromatic rings. The van der Waals surface area contributed by atoms with Crippen molar-refractivity contribution < 1.29 is 4.79 Å². The number of aromatic nitrogens is 3. The molecule has 2 aromatic heterocycles. The maximum atomic E-state index is 12.4. The van der Waals surface area contributed by atoms with E-state index in [-0.39, 0.29) is 5.91 Å². The van der Waals surface area contributed by atoms with E-state index in [9.17, 15) is 4.79 Å². The fourth-order valence-corrected chi connectivity index (χ4v) is 4.23. The largest absolute Gasteiger partial charge is 0.322 e. The third kappa shape index (κ3) is 4.34. The predicted octanol–water partition coefficient (Wildman–Crippen LogP) is 4.36. The van der Waals surface area contributed by atoms with E-state index in [1.54, 1.807) is 0 Å². The molecule has 31 heavy (non-hydrogen) atoms. The molecule has 0 aliphatic carbocycles. The second-order valence-electron chi connectivity index (χ2n) is 8.05. The number of para-hydroxylation sites is 1. The van der Waals surface area contributed by atoms with Crippen molar-refractivity contribution in [3.63, 3.8) is 0 Å². The number of hydrogen-bond donors (Lipinski definition) is 1. The molecular weight excluding hydrogens is 386 g/mol. The Kier molecular flexibility index (Phi) is 5.46. The Morgan fingerprint density at radius 3 is 2.42 bits per heavy atom. The minimum Gasteiger partial charge on any atom is -0.322 e. The number of amides is 1. The van der Waals surface area contributed by atoms with Crippen LogP contribution in [-0.2, 0) is 6.54 Å². The van der Waals surface area contributed by atoms with Crippen molar-refractivity contribution in [2.45, 2.75) is 25.3 Å². The van der Waals surface area contributed by atoms with Crippen LogP contribution in [0.5, 0.6) is 0 Å². The van der Waals surface area contributed by atoms with Gasteiger partial charge in [0, 0.05) is 29.9 Å². The van der Waals surface area contributed by atoms with Crippen molar-refractivity contribution >= 4 is 17.2 Å². The lowest BCUT2D eigenvalue weighted by molar-refractivity contribution is 0.102. The van der Waals surface area contributed by atoms with Crippen molar-refractivity contribution in [1.82, 2.24) is 19.5 Å². The molecule has 0 atom stereocenters. The molecule has 156 valence electrons. The lowest BCUT2D eigenvalue weighted by Gasteiger charge is -2.31. The molecule has 1 saturated heterocycles. The summed E-state index contributed by atoms with van der Waals surface area (Å²) in [5, 5.41) is 11.7. The van der Waals surface area contributed by atoms with Crippen molar-refractivity contribution in [3.05, 3.63) is 95.9 Å². The molecular formula is C25H25N5O. The zero-order valence-electron chi connectivity index (χ0n) is 17.3. The third-order valence-corrected chi connectivity index (χ3v) is 5.95. The smallest absolute Gasteiger partial charge is 0.255 e. The van der Waals surface area contributed by atoms with Crippen molar-refractivity contribution in [2.75, 3.05) is 18.4 Å². The predicted molar refractivity (Wildman–Crippen MR) is 121 cm³/mol. The first-order chi connectivity index (χ1) is 15.3. The van der Waals surface area contributed by atoms with E-state index in [1.807, 2.05) is 66.9 Å². The number of anilines is 1. The van der Waals surface area contributed by atoms with Crippen LogP contribution in [0.2, 0.25) is 0 Å². The quantitative estimate of drug-likeness (QED) is 0.530. The number of nitrogens with one attached hydrogen (secondary N) is 1. The highest BCUT2D eigenvalue weighted by atomic mass is 16.1. The van der Waals surface area contributed by atoms with Gasteiger partial charge in [-0.15, -0.1) is 10.2 Å². The van der Waals surface area contributed by atoms with Crippen LogP contribution < -0.4 is 5.32 Å².